The number of phenolic OH excluding ortho intramolecular Hbond substituents is 1. The Balaban J connectivity index is 1.19. The summed E-state index contributed by atoms with van der Waals surface area (Å²) in [5.74, 6) is -0.104. The number of phenols is 1. The topological polar surface area (TPSA) is 147 Å². The first kappa shape index (κ1) is 38.4. The van der Waals surface area contributed by atoms with Crippen LogP contribution in [0.3, 0.4) is 0 Å². The van der Waals surface area contributed by atoms with Crippen LogP contribution < -0.4 is 10.8 Å². The maximum absolute atomic E-state index is 14.1. The number of hydrogen-bond donors (Lipinski definition) is 3. The predicted octanol–water partition coefficient (Wildman–Crippen LogP) is 4.15. The molecular formula is C36H47Br2N7O7. The number of rotatable bonds is 10. The van der Waals surface area contributed by atoms with Crippen molar-refractivity contribution in [3.63, 3.8) is 0 Å². The summed E-state index contributed by atoms with van der Waals surface area (Å²) in [7, 11) is 1.43. The standard InChI is InChI=1S/C36H47Br2N7O7/c1-51-40-32(47)23-41-15-17-42(18-16-41)27-7-11-43(12-8-27)36(10-19-46)22-28(44-13-6-26-4-2-3-5-31(26)39-34(44)49)9-14-45(36)35(50)52-24-25-20-29(37)33(48)30(38)21-25/h2-5,19-21,27-28,48H,6-18,22-24H2,1H3,(H,39,49)(H,40,47)/t28-,36+/m1/s1. The Labute approximate surface area is 320 Å². The minimum Gasteiger partial charge on any atom is -0.506 e. The molecular weight excluding hydrogens is 802 g/mol. The van der Waals surface area contributed by atoms with Gasteiger partial charge in [-0.25, -0.2) is 15.1 Å². The van der Waals surface area contributed by atoms with E-state index in [2.05, 4.69) is 57.4 Å². The molecule has 0 bridgehead atoms. The molecule has 3 N–H and O–H groups in total. The average molecular weight is 850 g/mol. The van der Waals surface area contributed by atoms with Crippen molar-refractivity contribution in [2.75, 3.05) is 71.3 Å². The van der Waals surface area contributed by atoms with Crippen LogP contribution in [0, 0.1) is 0 Å². The number of aromatic hydroxyl groups is 1. The molecule has 0 aromatic heterocycles. The van der Waals surface area contributed by atoms with Crippen molar-refractivity contribution in [2.45, 2.75) is 62.9 Å². The summed E-state index contributed by atoms with van der Waals surface area (Å²) in [5, 5.41) is 13.3. The van der Waals surface area contributed by atoms with Crippen molar-refractivity contribution in [3.05, 3.63) is 56.5 Å². The van der Waals surface area contributed by atoms with Crippen LogP contribution in [0.4, 0.5) is 15.3 Å². The number of para-hydroxylation sites is 1. The van der Waals surface area contributed by atoms with Crippen molar-refractivity contribution in [1.82, 2.24) is 30.0 Å². The van der Waals surface area contributed by atoms with Crippen molar-refractivity contribution < 1.29 is 33.9 Å². The van der Waals surface area contributed by atoms with Gasteiger partial charge in [0.15, 0.2) is 0 Å². The molecule has 0 aliphatic carbocycles. The van der Waals surface area contributed by atoms with Gasteiger partial charge in [0.05, 0.1) is 22.6 Å². The van der Waals surface area contributed by atoms with Crippen molar-refractivity contribution in [2.24, 2.45) is 0 Å². The van der Waals surface area contributed by atoms with Gasteiger partial charge in [-0.2, -0.15) is 0 Å². The number of amides is 4. The van der Waals surface area contributed by atoms with E-state index >= 15 is 0 Å². The smallest absolute Gasteiger partial charge is 0.411 e. The van der Waals surface area contributed by atoms with Crippen LogP contribution in [-0.4, -0.2) is 138 Å². The lowest BCUT2D eigenvalue weighted by Gasteiger charge is -2.57. The van der Waals surface area contributed by atoms with E-state index in [0.29, 0.717) is 72.5 Å². The number of urea groups is 1. The molecule has 14 nitrogen and oxygen atoms in total. The number of benzene rings is 2. The molecule has 4 amide bonds. The van der Waals surface area contributed by atoms with Gasteiger partial charge in [-0.1, -0.05) is 18.2 Å². The number of nitrogens with one attached hydrogen (secondary N) is 2. The highest BCUT2D eigenvalue weighted by molar-refractivity contribution is 9.11. The van der Waals surface area contributed by atoms with E-state index in [1.54, 1.807) is 17.0 Å². The lowest BCUT2D eigenvalue weighted by molar-refractivity contribution is -0.133. The van der Waals surface area contributed by atoms with Gasteiger partial charge in [0.1, 0.15) is 24.3 Å². The van der Waals surface area contributed by atoms with E-state index in [0.717, 1.165) is 56.6 Å². The number of hydrogen-bond acceptors (Lipinski definition) is 10. The lowest BCUT2D eigenvalue weighted by Crippen LogP contribution is -2.70. The Morgan fingerprint density at radius 2 is 1.69 bits per heavy atom. The van der Waals surface area contributed by atoms with Gasteiger partial charge >= 0.3 is 12.1 Å². The van der Waals surface area contributed by atoms with Gasteiger partial charge in [-0.3, -0.25) is 29.2 Å². The summed E-state index contributed by atoms with van der Waals surface area (Å²) >= 11 is 6.69. The van der Waals surface area contributed by atoms with Crippen LogP contribution in [0.25, 0.3) is 0 Å². The second-order valence-corrected chi connectivity index (χ2v) is 15.6. The Bertz CT molecular complexity index is 1600. The van der Waals surface area contributed by atoms with Crippen LogP contribution in [0.1, 0.15) is 43.2 Å². The fourth-order valence-corrected chi connectivity index (χ4v) is 9.59. The van der Waals surface area contributed by atoms with Gasteiger partial charge in [-0.15, -0.1) is 0 Å². The SMILES string of the molecule is CONC(=O)CN1CCN(C2CCN([C@]3(CC=O)C[C@H](N4CCc5ccccc5NC4=O)CCN3C(=O)OCc3cc(Br)c(O)c(Br)c3)CC2)CC1. The molecule has 0 unspecified atom stereocenters. The summed E-state index contributed by atoms with van der Waals surface area (Å²) in [6.07, 6.45) is 3.81. The third kappa shape index (κ3) is 8.57. The maximum atomic E-state index is 14.1. The van der Waals surface area contributed by atoms with E-state index in [4.69, 9.17) is 9.57 Å². The van der Waals surface area contributed by atoms with Gasteiger partial charge < -0.3 is 24.9 Å². The minimum absolute atomic E-state index is 0.0264. The molecule has 3 saturated heterocycles. The largest absolute Gasteiger partial charge is 0.506 e. The number of hydroxylamine groups is 1. The first-order valence-corrected chi connectivity index (χ1v) is 19.4. The molecule has 4 aliphatic heterocycles. The fraction of sp³-hybridized carbons (Fsp3) is 0.556. The maximum Gasteiger partial charge on any atom is 0.411 e. The summed E-state index contributed by atoms with van der Waals surface area (Å²) in [6.45, 7) is 5.71. The number of anilines is 1. The molecule has 0 radical (unpaired) electrons. The highest BCUT2D eigenvalue weighted by Gasteiger charge is 2.52. The molecule has 16 heteroatoms. The zero-order chi connectivity index (χ0) is 36.8. The Hall–Kier alpha value is -3.28. The highest BCUT2D eigenvalue weighted by Crippen LogP contribution is 2.40. The van der Waals surface area contributed by atoms with Crippen molar-refractivity contribution in [1.29, 1.82) is 0 Å². The first-order valence-electron chi connectivity index (χ1n) is 17.9. The quantitative estimate of drug-likeness (QED) is 0.236. The zero-order valence-electron chi connectivity index (χ0n) is 29.4. The number of likely N-dealkylation sites (tertiary alicyclic amines) is 2. The summed E-state index contributed by atoms with van der Waals surface area (Å²) in [6, 6.07) is 11.2. The molecule has 6 rings (SSSR count). The molecule has 4 heterocycles. The van der Waals surface area contributed by atoms with E-state index in [1.165, 1.54) is 7.11 Å². The molecule has 52 heavy (non-hydrogen) atoms. The predicted molar refractivity (Wildman–Crippen MR) is 200 cm³/mol. The number of aldehydes is 1. The Morgan fingerprint density at radius 3 is 2.38 bits per heavy atom. The third-order valence-electron chi connectivity index (χ3n) is 11.0. The molecule has 0 spiro atoms. The summed E-state index contributed by atoms with van der Waals surface area (Å²) in [4.78, 5) is 67.6. The first-order chi connectivity index (χ1) is 25.1. The number of carbonyl (C=O) groups is 4. The molecule has 3 fully saturated rings. The van der Waals surface area contributed by atoms with E-state index in [9.17, 15) is 24.3 Å². The van der Waals surface area contributed by atoms with Gasteiger partial charge in [0.25, 0.3) is 5.91 Å². The molecule has 2 aromatic carbocycles. The zero-order valence-corrected chi connectivity index (χ0v) is 32.6. The molecule has 282 valence electrons. The van der Waals surface area contributed by atoms with Crippen molar-refractivity contribution in [3.8, 4) is 5.75 Å². The fourth-order valence-electron chi connectivity index (χ4n) is 8.30. The van der Waals surface area contributed by atoms with Crippen molar-refractivity contribution >= 4 is 61.9 Å². The van der Waals surface area contributed by atoms with Crippen LogP contribution in [-0.2, 0) is 32.2 Å². The summed E-state index contributed by atoms with van der Waals surface area (Å²) in [5.41, 5.74) is 3.96. The number of fused-ring (bicyclic) bond motifs is 1. The number of carbonyl (C=O) groups excluding carboxylic acids is 4. The lowest BCUT2D eigenvalue weighted by atomic mass is 9.84. The van der Waals surface area contributed by atoms with Gasteiger partial charge in [0, 0.05) is 83.0 Å². The van der Waals surface area contributed by atoms with Crippen LogP contribution in [0.5, 0.6) is 5.75 Å². The van der Waals surface area contributed by atoms with E-state index in [1.807, 2.05) is 29.2 Å². The Morgan fingerprint density at radius 1 is 1.00 bits per heavy atom. The minimum atomic E-state index is -0.990. The molecule has 0 saturated carbocycles. The number of piperazine rings is 1. The van der Waals surface area contributed by atoms with E-state index in [-0.39, 0.29) is 36.8 Å². The number of nitrogens with zero attached hydrogens (tertiary/aromatic N) is 5. The molecule has 4 aliphatic rings. The monoisotopic (exact) mass is 847 g/mol. The van der Waals surface area contributed by atoms with Crippen LogP contribution in [0.15, 0.2) is 45.3 Å². The van der Waals surface area contributed by atoms with Crippen LogP contribution in [0.2, 0.25) is 0 Å². The normalized spacial score (nSPS) is 23.8. The average Bonchev–Trinajstić information content (AvgIpc) is 3.31. The molecule has 2 aromatic rings. The summed E-state index contributed by atoms with van der Waals surface area (Å²) < 4.78 is 6.87. The van der Waals surface area contributed by atoms with E-state index < -0.39 is 11.8 Å². The highest BCUT2D eigenvalue weighted by atomic mass is 79.9. The number of piperidine rings is 2. The molecule has 2 atom stereocenters. The number of halogens is 2. The third-order valence-corrected chi connectivity index (χ3v) is 12.2. The van der Waals surface area contributed by atoms with Gasteiger partial charge in [-0.05, 0) is 86.9 Å². The second-order valence-electron chi connectivity index (χ2n) is 13.9. The Kier molecular flexibility index (Phi) is 12.7. The number of ether oxygens (including phenoxy) is 1. The van der Waals surface area contributed by atoms with Gasteiger partial charge in [0.2, 0.25) is 0 Å². The second kappa shape index (κ2) is 17.2. The van der Waals surface area contributed by atoms with Crippen LogP contribution >= 0.6 is 31.9 Å².